The van der Waals surface area contributed by atoms with Crippen LogP contribution in [0.25, 0.3) is 21.5 Å². The highest BCUT2D eigenvalue weighted by molar-refractivity contribution is 6.12. The Morgan fingerprint density at radius 1 is 1.00 bits per heavy atom. The molecule has 3 aromatic rings. The van der Waals surface area contributed by atoms with Crippen molar-refractivity contribution in [2.45, 2.75) is 0 Å². The molecule has 0 fully saturated rings. The van der Waals surface area contributed by atoms with Gasteiger partial charge in [-0.1, -0.05) is 48.5 Å². The van der Waals surface area contributed by atoms with Gasteiger partial charge in [0.2, 0.25) is 5.96 Å². The van der Waals surface area contributed by atoms with Crippen LogP contribution < -0.4 is 11.1 Å². The molecule has 0 aliphatic carbocycles. The van der Waals surface area contributed by atoms with E-state index in [9.17, 15) is 0 Å². The van der Waals surface area contributed by atoms with Crippen molar-refractivity contribution in [3.05, 3.63) is 54.6 Å². The highest BCUT2D eigenvalue weighted by atomic mass is 15.1. The standard InChI is InChI=1S/C16H12N4/c17-10-19-16(18)20-15-9-11-5-1-2-6-12(11)13-7-3-4-8-14(13)15/h1-9H,(H3,18,19,20). The fraction of sp³-hybridized carbons (Fsp3) is 0. The smallest absolute Gasteiger partial charge is 0.207 e. The lowest BCUT2D eigenvalue weighted by atomic mass is 10.0. The molecule has 3 rings (SSSR count). The monoisotopic (exact) mass is 260 g/mol. The first-order valence-electron chi connectivity index (χ1n) is 6.19. The molecule has 3 N–H and O–H groups in total. The molecule has 0 radical (unpaired) electrons. The summed E-state index contributed by atoms with van der Waals surface area (Å²) in [6, 6.07) is 18.1. The number of benzene rings is 3. The Morgan fingerprint density at radius 3 is 2.40 bits per heavy atom. The SMILES string of the molecule is N#CNC(N)=Nc1cc2ccccc2c2ccccc12. The summed E-state index contributed by atoms with van der Waals surface area (Å²) < 4.78 is 0. The van der Waals surface area contributed by atoms with E-state index in [1.165, 1.54) is 5.39 Å². The van der Waals surface area contributed by atoms with E-state index in [0.29, 0.717) is 0 Å². The van der Waals surface area contributed by atoms with Crippen LogP contribution in [0.2, 0.25) is 0 Å². The minimum Gasteiger partial charge on any atom is -0.369 e. The number of nitrogens with one attached hydrogen (secondary N) is 1. The molecule has 0 aliphatic rings. The lowest BCUT2D eigenvalue weighted by Gasteiger charge is -2.07. The minimum absolute atomic E-state index is 0.0907. The van der Waals surface area contributed by atoms with Gasteiger partial charge in [0.1, 0.15) is 0 Å². The zero-order chi connectivity index (χ0) is 13.9. The van der Waals surface area contributed by atoms with Crippen LogP contribution >= 0.6 is 0 Å². The average molecular weight is 260 g/mol. The molecule has 0 atom stereocenters. The van der Waals surface area contributed by atoms with Gasteiger partial charge >= 0.3 is 0 Å². The van der Waals surface area contributed by atoms with Gasteiger partial charge in [-0.3, -0.25) is 5.32 Å². The molecule has 0 heterocycles. The Hall–Kier alpha value is -3.06. The third-order valence-electron chi connectivity index (χ3n) is 3.17. The molecule has 0 aliphatic heterocycles. The number of aliphatic imine (C=N–C) groups is 1. The van der Waals surface area contributed by atoms with Crippen LogP contribution in [-0.2, 0) is 0 Å². The van der Waals surface area contributed by atoms with Gasteiger partial charge in [-0.2, -0.15) is 5.26 Å². The maximum Gasteiger partial charge on any atom is 0.207 e. The van der Waals surface area contributed by atoms with Gasteiger partial charge in [-0.05, 0) is 22.2 Å². The number of nitrogens with two attached hydrogens (primary N) is 1. The second-order valence-corrected chi connectivity index (χ2v) is 4.40. The molecule has 20 heavy (non-hydrogen) atoms. The number of hydrogen-bond donors (Lipinski definition) is 2. The Kier molecular flexibility index (Phi) is 2.94. The third kappa shape index (κ3) is 2.02. The summed E-state index contributed by atoms with van der Waals surface area (Å²) >= 11 is 0. The summed E-state index contributed by atoms with van der Waals surface area (Å²) in [6.45, 7) is 0. The Bertz CT molecular complexity index is 859. The van der Waals surface area contributed by atoms with Gasteiger partial charge in [0.25, 0.3) is 0 Å². The van der Waals surface area contributed by atoms with E-state index >= 15 is 0 Å². The van der Waals surface area contributed by atoms with Crippen molar-refractivity contribution in [1.82, 2.24) is 5.32 Å². The van der Waals surface area contributed by atoms with Crippen molar-refractivity contribution in [2.75, 3.05) is 0 Å². The van der Waals surface area contributed by atoms with E-state index in [4.69, 9.17) is 11.0 Å². The van der Waals surface area contributed by atoms with Gasteiger partial charge in [0.15, 0.2) is 6.19 Å². The Balaban J connectivity index is 2.35. The predicted molar refractivity (Wildman–Crippen MR) is 81.5 cm³/mol. The van der Waals surface area contributed by atoms with Gasteiger partial charge in [-0.15, -0.1) is 0 Å². The molecule has 3 aromatic carbocycles. The summed E-state index contributed by atoms with van der Waals surface area (Å²) in [4.78, 5) is 4.29. The zero-order valence-electron chi connectivity index (χ0n) is 10.7. The normalized spacial score (nSPS) is 11.4. The summed E-state index contributed by atoms with van der Waals surface area (Å²) in [6.07, 6.45) is 1.77. The average Bonchev–Trinajstić information content (AvgIpc) is 2.48. The van der Waals surface area contributed by atoms with Crippen molar-refractivity contribution in [3.8, 4) is 6.19 Å². The Morgan fingerprint density at radius 2 is 1.65 bits per heavy atom. The van der Waals surface area contributed by atoms with Crippen LogP contribution in [0.3, 0.4) is 0 Å². The van der Waals surface area contributed by atoms with E-state index in [0.717, 1.165) is 21.8 Å². The molecule has 4 nitrogen and oxygen atoms in total. The number of hydrogen-bond acceptors (Lipinski definition) is 2. The summed E-state index contributed by atoms with van der Waals surface area (Å²) in [5.74, 6) is 0.0907. The van der Waals surface area contributed by atoms with Crippen LogP contribution in [0.1, 0.15) is 0 Å². The summed E-state index contributed by atoms with van der Waals surface area (Å²) in [5.41, 5.74) is 6.42. The van der Waals surface area contributed by atoms with E-state index in [1.54, 1.807) is 6.19 Å². The van der Waals surface area contributed by atoms with E-state index in [1.807, 2.05) is 42.5 Å². The molecular formula is C16H12N4. The van der Waals surface area contributed by atoms with E-state index in [-0.39, 0.29) is 5.96 Å². The number of nitrogens with zero attached hydrogens (tertiary/aromatic N) is 2. The van der Waals surface area contributed by atoms with Crippen LogP contribution in [0, 0.1) is 11.5 Å². The fourth-order valence-electron chi connectivity index (χ4n) is 2.34. The first-order valence-corrected chi connectivity index (χ1v) is 6.19. The number of fused-ring (bicyclic) bond motifs is 3. The molecular weight excluding hydrogens is 248 g/mol. The van der Waals surface area contributed by atoms with Crippen LogP contribution in [0.5, 0.6) is 0 Å². The molecule has 4 heteroatoms. The van der Waals surface area contributed by atoms with Gasteiger partial charge in [-0.25, -0.2) is 4.99 Å². The van der Waals surface area contributed by atoms with Crippen molar-refractivity contribution < 1.29 is 0 Å². The quantitative estimate of drug-likeness (QED) is 0.232. The molecule has 0 bridgehead atoms. The lowest BCUT2D eigenvalue weighted by Crippen LogP contribution is -2.26. The minimum atomic E-state index is 0.0907. The molecule has 0 saturated carbocycles. The van der Waals surface area contributed by atoms with E-state index in [2.05, 4.69) is 22.4 Å². The molecule has 0 saturated heterocycles. The van der Waals surface area contributed by atoms with Crippen molar-refractivity contribution in [3.63, 3.8) is 0 Å². The lowest BCUT2D eigenvalue weighted by molar-refractivity contribution is 1.22. The topological polar surface area (TPSA) is 74.2 Å². The van der Waals surface area contributed by atoms with Crippen LogP contribution in [-0.4, -0.2) is 5.96 Å². The largest absolute Gasteiger partial charge is 0.369 e. The first kappa shape index (κ1) is 12.0. The summed E-state index contributed by atoms with van der Waals surface area (Å²) in [5, 5.41) is 15.3. The molecule has 96 valence electrons. The van der Waals surface area contributed by atoms with Gasteiger partial charge in [0, 0.05) is 5.39 Å². The third-order valence-corrected chi connectivity index (χ3v) is 3.17. The molecule has 0 aromatic heterocycles. The zero-order valence-corrected chi connectivity index (χ0v) is 10.7. The van der Waals surface area contributed by atoms with Crippen LogP contribution in [0.4, 0.5) is 5.69 Å². The van der Waals surface area contributed by atoms with Crippen molar-refractivity contribution in [2.24, 2.45) is 10.7 Å². The fourth-order valence-corrected chi connectivity index (χ4v) is 2.34. The molecule has 0 amide bonds. The predicted octanol–water partition coefficient (Wildman–Crippen LogP) is 3.01. The molecule has 0 spiro atoms. The maximum atomic E-state index is 8.58. The van der Waals surface area contributed by atoms with Crippen molar-refractivity contribution >= 4 is 33.2 Å². The first-order chi connectivity index (χ1) is 9.79. The maximum absolute atomic E-state index is 8.58. The van der Waals surface area contributed by atoms with Gasteiger partial charge < -0.3 is 5.73 Å². The number of nitriles is 1. The number of rotatable bonds is 1. The Labute approximate surface area is 116 Å². The summed E-state index contributed by atoms with van der Waals surface area (Å²) in [7, 11) is 0. The van der Waals surface area contributed by atoms with E-state index < -0.39 is 0 Å². The highest BCUT2D eigenvalue weighted by Crippen LogP contribution is 2.33. The van der Waals surface area contributed by atoms with Crippen LogP contribution in [0.15, 0.2) is 59.6 Å². The second-order valence-electron chi connectivity index (χ2n) is 4.40. The molecule has 0 unspecified atom stereocenters. The van der Waals surface area contributed by atoms with Crippen molar-refractivity contribution in [1.29, 1.82) is 5.26 Å². The van der Waals surface area contributed by atoms with Gasteiger partial charge in [0.05, 0.1) is 5.69 Å². The second kappa shape index (κ2) is 4.90. The highest BCUT2D eigenvalue weighted by Gasteiger charge is 2.05. The number of guanidine groups is 1.